The Morgan fingerprint density at radius 2 is 1.48 bits per heavy atom. The number of hydrogen-bond donors (Lipinski definition) is 0. The van der Waals surface area contributed by atoms with Gasteiger partial charge in [0.1, 0.15) is 17.2 Å². The molecule has 2 aromatic carbocycles. The first-order valence-electron chi connectivity index (χ1n) is 9.76. The highest BCUT2D eigenvalue weighted by atomic mass is 16.7. The van der Waals surface area contributed by atoms with Crippen LogP contribution in [0.4, 0.5) is 0 Å². The number of fused-ring (bicyclic) bond motifs is 1. The van der Waals surface area contributed by atoms with Crippen molar-refractivity contribution >= 4 is 28.9 Å². The normalized spacial score (nSPS) is 17.5. The second-order valence-electron chi connectivity index (χ2n) is 8.59. The Labute approximate surface area is 174 Å². The van der Waals surface area contributed by atoms with E-state index in [-0.39, 0.29) is 0 Å². The molecule has 0 aromatic heterocycles. The number of hydrogen-bond acceptors (Lipinski definition) is 5. The van der Waals surface area contributed by atoms with Crippen molar-refractivity contribution in [3.05, 3.63) is 29.8 Å². The van der Waals surface area contributed by atoms with Crippen LogP contribution in [0.5, 0.6) is 17.2 Å². The van der Waals surface area contributed by atoms with E-state index in [2.05, 4.69) is 6.58 Å². The quantitative estimate of drug-likeness (QED) is 0.694. The van der Waals surface area contributed by atoms with Gasteiger partial charge in [-0.3, -0.25) is 0 Å². The zero-order valence-corrected chi connectivity index (χ0v) is 19.0. The van der Waals surface area contributed by atoms with Gasteiger partial charge in [0, 0.05) is 21.8 Å². The third-order valence-electron chi connectivity index (χ3n) is 6.08. The van der Waals surface area contributed by atoms with Gasteiger partial charge in [-0.1, -0.05) is 6.58 Å². The van der Waals surface area contributed by atoms with E-state index in [9.17, 15) is 0 Å². The molecule has 0 unspecified atom stereocenters. The first-order chi connectivity index (χ1) is 13.5. The summed E-state index contributed by atoms with van der Waals surface area (Å²) in [6, 6.07) is 3.95. The average Bonchev–Trinajstić information content (AvgIpc) is 2.86. The fourth-order valence-corrected chi connectivity index (χ4v) is 3.89. The van der Waals surface area contributed by atoms with Gasteiger partial charge in [0.15, 0.2) is 0 Å². The molecule has 0 aliphatic carbocycles. The summed E-state index contributed by atoms with van der Waals surface area (Å²) in [6.07, 6.45) is 0. The topological polar surface area (TPSA) is 46.2 Å². The summed E-state index contributed by atoms with van der Waals surface area (Å²) in [6.45, 7) is 16.3. The summed E-state index contributed by atoms with van der Waals surface area (Å²) in [7, 11) is 4.38. The summed E-state index contributed by atoms with van der Waals surface area (Å²) < 4.78 is 30.1. The van der Waals surface area contributed by atoms with Gasteiger partial charge in [-0.25, -0.2) is 0 Å². The highest BCUT2D eigenvalue weighted by Crippen LogP contribution is 2.44. The molecule has 1 aliphatic rings. The molecule has 1 heterocycles. The molecule has 6 heteroatoms. The van der Waals surface area contributed by atoms with Crippen LogP contribution in [0, 0.1) is 6.92 Å². The lowest BCUT2D eigenvalue weighted by Gasteiger charge is -2.32. The lowest BCUT2D eigenvalue weighted by atomic mass is 9.71. The smallest absolute Gasteiger partial charge is 0.497 e. The Morgan fingerprint density at radius 3 is 1.93 bits per heavy atom. The summed E-state index contributed by atoms with van der Waals surface area (Å²) in [5.41, 5.74) is 2.53. The van der Waals surface area contributed by atoms with E-state index >= 15 is 0 Å². The Kier molecular flexibility index (Phi) is 5.39. The molecule has 29 heavy (non-hydrogen) atoms. The molecule has 5 nitrogen and oxygen atoms in total. The number of aryl methyl sites for hydroxylation is 1. The number of allylic oxidation sites excluding steroid dienone is 1. The van der Waals surface area contributed by atoms with Crippen LogP contribution in [0.3, 0.4) is 0 Å². The highest BCUT2D eigenvalue weighted by molar-refractivity contribution is 6.65. The van der Waals surface area contributed by atoms with Gasteiger partial charge in [0.25, 0.3) is 0 Å². The van der Waals surface area contributed by atoms with Gasteiger partial charge in [0.2, 0.25) is 0 Å². The molecule has 1 saturated heterocycles. The molecule has 0 N–H and O–H groups in total. The first kappa shape index (κ1) is 21.5. The Hall–Kier alpha value is -2.18. The Balaban J connectivity index is 2.45. The molecule has 0 radical (unpaired) electrons. The molecular weight excluding hydrogens is 367 g/mol. The zero-order chi connectivity index (χ0) is 21.7. The van der Waals surface area contributed by atoms with Gasteiger partial charge in [0.05, 0.1) is 32.5 Å². The predicted octanol–water partition coefficient (Wildman–Crippen LogP) is 4.51. The second kappa shape index (κ2) is 7.26. The SMILES string of the molecule is C=C(C)c1c(B2OC(C)(C)C(C)(C)O2)c(OC)c2c(C)cc(OC)cc2c1OC. The lowest BCUT2D eigenvalue weighted by molar-refractivity contribution is 0.00578. The monoisotopic (exact) mass is 398 g/mol. The van der Waals surface area contributed by atoms with Crippen molar-refractivity contribution in [1.29, 1.82) is 0 Å². The van der Waals surface area contributed by atoms with E-state index in [4.69, 9.17) is 23.5 Å². The molecular formula is C23H31BO5. The minimum Gasteiger partial charge on any atom is -0.497 e. The van der Waals surface area contributed by atoms with Gasteiger partial charge < -0.3 is 23.5 Å². The highest BCUT2D eigenvalue weighted by Gasteiger charge is 2.53. The summed E-state index contributed by atoms with van der Waals surface area (Å²) >= 11 is 0. The molecule has 3 rings (SSSR count). The average molecular weight is 398 g/mol. The van der Waals surface area contributed by atoms with Crippen molar-refractivity contribution in [2.75, 3.05) is 21.3 Å². The van der Waals surface area contributed by atoms with Gasteiger partial charge >= 0.3 is 7.12 Å². The number of methoxy groups -OCH3 is 3. The maximum Gasteiger partial charge on any atom is 0.499 e. The summed E-state index contributed by atoms with van der Waals surface area (Å²) in [4.78, 5) is 0. The van der Waals surface area contributed by atoms with Crippen molar-refractivity contribution in [2.45, 2.75) is 52.7 Å². The number of benzene rings is 2. The van der Waals surface area contributed by atoms with Crippen molar-refractivity contribution in [3.63, 3.8) is 0 Å². The number of rotatable bonds is 5. The second-order valence-corrected chi connectivity index (χ2v) is 8.59. The van der Waals surface area contributed by atoms with E-state index in [0.717, 1.165) is 38.7 Å². The van der Waals surface area contributed by atoms with E-state index in [1.165, 1.54) is 0 Å². The molecule has 156 valence electrons. The van der Waals surface area contributed by atoms with Gasteiger partial charge in [-0.05, 0) is 64.8 Å². The van der Waals surface area contributed by atoms with Crippen molar-refractivity contribution in [1.82, 2.24) is 0 Å². The third kappa shape index (κ3) is 3.28. The summed E-state index contributed by atoms with van der Waals surface area (Å²) in [5.74, 6) is 2.17. The maximum absolute atomic E-state index is 6.39. The van der Waals surface area contributed by atoms with E-state index < -0.39 is 18.3 Å². The fourth-order valence-electron chi connectivity index (χ4n) is 3.89. The van der Waals surface area contributed by atoms with Crippen LogP contribution in [0.2, 0.25) is 0 Å². The van der Waals surface area contributed by atoms with Crippen molar-refractivity contribution in [3.8, 4) is 17.2 Å². The van der Waals surface area contributed by atoms with Crippen LogP contribution in [-0.2, 0) is 9.31 Å². The molecule has 0 saturated carbocycles. The fraction of sp³-hybridized carbons (Fsp3) is 0.478. The van der Waals surface area contributed by atoms with Gasteiger partial charge in [-0.2, -0.15) is 0 Å². The molecule has 0 bridgehead atoms. The summed E-state index contributed by atoms with van der Waals surface area (Å²) in [5, 5.41) is 1.85. The van der Waals surface area contributed by atoms with Crippen LogP contribution in [-0.4, -0.2) is 39.6 Å². The maximum atomic E-state index is 6.39. The lowest BCUT2D eigenvalue weighted by Crippen LogP contribution is -2.41. The van der Waals surface area contributed by atoms with Crippen LogP contribution < -0.4 is 19.7 Å². The van der Waals surface area contributed by atoms with Crippen LogP contribution in [0.1, 0.15) is 45.7 Å². The Bertz CT molecular complexity index is 961. The van der Waals surface area contributed by atoms with E-state index in [0.29, 0.717) is 11.5 Å². The molecule has 1 aliphatic heterocycles. The van der Waals surface area contributed by atoms with E-state index in [1.807, 2.05) is 53.7 Å². The standard InChI is InChI=1S/C23H31BO5/c1-13(2)17-19(24-28-22(4,5)23(6,7)29-24)21(27-10)18-14(3)11-15(25-8)12-16(18)20(17)26-9/h11-12H,1H2,2-10H3. The minimum atomic E-state index is -0.610. The Morgan fingerprint density at radius 1 is 0.931 bits per heavy atom. The first-order valence-corrected chi connectivity index (χ1v) is 9.76. The minimum absolute atomic E-state index is 0.480. The van der Waals surface area contributed by atoms with Crippen LogP contribution in [0.25, 0.3) is 16.3 Å². The third-order valence-corrected chi connectivity index (χ3v) is 6.08. The largest absolute Gasteiger partial charge is 0.499 e. The van der Waals surface area contributed by atoms with Crippen molar-refractivity contribution in [2.24, 2.45) is 0 Å². The van der Waals surface area contributed by atoms with Crippen LogP contribution >= 0.6 is 0 Å². The zero-order valence-electron chi connectivity index (χ0n) is 19.0. The molecule has 0 atom stereocenters. The molecule has 2 aromatic rings. The number of ether oxygens (including phenoxy) is 3. The molecule has 0 amide bonds. The van der Waals surface area contributed by atoms with Gasteiger partial charge in [-0.15, -0.1) is 0 Å². The van der Waals surface area contributed by atoms with E-state index in [1.54, 1.807) is 21.3 Å². The van der Waals surface area contributed by atoms with Crippen LogP contribution in [0.15, 0.2) is 18.7 Å². The molecule has 1 fully saturated rings. The molecule has 0 spiro atoms. The predicted molar refractivity (Wildman–Crippen MR) is 119 cm³/mol. The van der Waals surface area contributed by atoms with Crippen molar-refractivity contribution < 1.29 is 23.5 Å².